The Bertz CT molecular complexity index is 51.7. The molecule has 0 spiro atoms. The molecule has 1 aliphatic rings. The maximum absolute atomic E-state index is 3.31. The van der Waals surface area contributed by atoms with E-state index in [2.05, 4.69) is 33.2 Å². The van der Waals surface area contributed by atoms with Crippen molar-refractivity contribution in [1.82, 2.24) is 10.6 Å². The van der Waals surface area contributed by atoms with Crippen LogP contribution in [0.4, 0.5) is 0 Å². The van der Waals surface area contributed by atoms with E-state index in [1.54, 1.807) is 0 Å². The Morgan fingerprint density at radius 1 is 1.43 bits per heavy atom. The number of halogens is 1. The third-order valence-corrected chi connectivity index (χ3v) is 1.87. The van der Waals surface area contributed by atoms with Gasteiger partial charge in [-0.3, -0.25) is 0 Å². The molecule has 1 unspecified atom stereocenters. The molecule has 0 aromatic carbocycles. The van der Waals surface area contributed by atoms with E-state index in [0.29, 0.717) is 4.05 Å². The Kier molecular flexibility index (Phi) is 2.34. The Morgan fingerprint density at radius 3 is 2.57 bits per heavy atom. The number of rotatable bonds is 0. The highest BCUT2D eigenvalue weighted by molar-refractivity contribution is 14.1. The van der Waals surface area contributed by atoms with E-state index in [9.17, 15) is 0 Å². The lowest BCUT2D eigenvalue weighted by molar-refractivity contribution is 0.520. The highest BCUT2D eigenvalue weighted by atomic mass is 127. The van der Waals surface area contributed by atoms with Crippen LogP contribution < -0.4 is 10.6 Å². The van der Waals surface area contributed by atoms with Gasteiger partial charge in [-0.15, -0.1) is 0 Å². The second-order valence-electron chi connectivity index (χ2n) is 1.63. The Labute approximate surface area is 57.2 Å². The summed E-state index contributed by atoms with van der Waals surface area (Å²) in [7, 11) is 0. The molecule has 1 atom stereocenters. The summed E-state index contributed by atoms with van der Waals surface area (Å²) in [6.45, 7) is 3.35. The van der Waals surface area contributed by atoms with Crippen molar-refractivity contribution in [2.45, 2.75) is 4.05 Å². The van der Waals surface area contributed by atoms with E-state index < -0.39 is 0 Å². The van der Waals surface area contributed by atoms with E-state index in [1.807, 2.05) is 0 Å². The summed E-state index contributed by atoms with van der Waals surface area (Å²) in [5, 5.41) is 6.57. The Morgan fingerprint density at radius 2 is 2.29 bits per heavy atom. The zero-order valence-corrected chi connectivity index (χ0v) is 6.23. The largest absolute Gasteiger partial charge is 0.313 e. The molecule has 1 rings (SSSR count). The summed E-state index contributed by atoms with van der Waals surface area (Å²) in [5.41, 5.74) is 0. The van der Waals surface area contributed by atoms with E-state index in [4.69, 9.17) is 0 Å². The SMILES string of the molecule is IC1CNCCN1. The molecule has 2 N–H and O–H groups in total. The maximum atomic E-state index is 3.31. The lowest BCUT2D eigenvalue weighted by Gasteiger charge is -2.18. The first-order chi connectivity index (χ1) is 3.39. The van der Waals surface area contributed by atoms with Crippen molar-refractivity contribution in [2.24, 2.45) is 0 Å². The van der Waals surface area contributed by atoms with Crippen molar-refractivity contribution in [3.63, 3.8) is 0 Å². The molecule has 1 saturated heterocycles. The van der Waals surface area contributed by atoms with Gasteiger partial charge in [0.15, 0.2) is 0 Å². The first kappa shape index (κ1) is 5.78. The van der Waals surface area contributed by atoms with Crippen LogP contribution in [-0.4, -0.2) is 23.7 Å². The zero-order chi connectivity index (χ0) is 5.11. The third-order valence-electron chi connectivity index (χ3n) is 0.991. The molecule has 0 bridgehead atoms. The van der Waals surface area contributed by atoms with Crippen LogP contribution in [0.2, 0.25) is 0 Å². The minimum absolute atomic E-state index is 0.645. The molecule has 0 aromatic heterocycles. The molecule has 0 aliphatic carbocycles. The van der Waals surface area contributed by atoms with Crippen LogP contribution in [-0.2, 0) is 0 Å². The summed E-state index contributed by atoms with van der Waals surface area (Å²) in [6.07, 6.45) is 0. The van der Waals surface area contributed by atoms with Gasteiger partial charge in [-0.25, -0.2) is 0 Å². The van der Waals surface area contributed by atoms with Crippen molar-refractivity contribution < 1.29 is 0 Å². The quantitative estimate of drug-likeness (QED) is 0.334. The number of nitrogens with one attached hydrogen (secondary N) is 2. The fraction of sp³-hybridized carbons (Fsp3) is 1.00. The number of hydrogen-bond donors (Lipinski definition) is 2. The second kappa shape index (κ2) is 2.84. The molecular formula is C4H9IN2. The molecule has 42 valence electrons. The molecule has 1 heterocycles. The predicted molar refractivity (Wildman–Crippen MR) is 38.7 cm³/mol. The molecule has 0 saturated carbocycles. The summed E-state index contributed by atoms with van der Waals surface area (Å²) in [5.74, 6) is 0. The smallest absolute Gasteiger partial charge is 0.0720 e. The number of alkyl halides is 1. The van der Waals surface area contributed by atoms with Crippen LogP contribution in [0, 0.1) is 0 Å². The van der Waals surface area contributed by atoms with Crippen molar-refractivity contribution in [3.05, 3.63) is 0 Å². The van der Waals surface area contributed by atoms with Gasteiger partial charge in [0, 0.05) is 19.6 Å². The minimum atomic E-state index is 0.645. The van der Waals surface area contributed by atoms with Gasteiger partial charge in [0.2, 0.25) is 0 Å². The highest BCUT2D eigenvalue weighted by Gasteiger charge is 2.04. The average molecular weight is 212 g/mol. The van der Waals surface area contributed by atoms with Gasteiger partial charge in [0.25, 0.3) is 0 Å². The van der Waals surface area contributed by atoms with E-state index in [0.717, 1.165) is 19.6 Å². The molecule has 0 radical (unpaired) electrons. The summed E-state index contributed by atoms with van der Waals surface area (Å²) >= 11 is 2.38. The van der Waals surface area contributed by atoms with Crippen LogP contribution in [0.3, 0.4) is 0 Å². The van der Waals surface area contributed by atoms with Crippen molar-refractivity contribution in [1.29, 1.82) is 0 Å². The molecule has 2 nitrogen and oxygen atoms in total. The maximum Gasteiger partial charge on any atom is 0.0720 e. The van der Waals surface area contributed by atoms with Crippen LogP contribution >= 0.6 is 22.6 Å². The monoisotopic (exact) mass is 212 g/mol. The lowest BCUT2D eigenvalue weighted by Crippen LogP contribution is -2.44. The normalized spacial score (nSPS) is 33.0. The molecule has 0 aromatic rings. The fourth-order valence-electron chi connectivity index (χ4n) is 0.618. The third kappa shape index (κ3) is 1.92. The summed E-state index contributed by atoms with van der Waals surface area (Å²) in [4.78, 5) is 0. The second-order valence-corrected chi connectivity index (χ2v) is 3.13. The first-order valence-corrected chi connectivity index (χ1v) is 3.72. The summed E-state index contributed by atoms with van der Waals surface area (Å²) < 4.78 is 0.645. The van der Waals surface area contributed by atoms with Crippen LogP contribution in [0.5, 0.6) is 0 Å². The zero-order valence-electron chi connectivity index (χ0n) is 4.08. The number of piperazine rings is 1. The minimum Gasteiger partial charge on any atom is -0.313 e. The first-order valence-electron chi connectivity index (χ1n) is 2.48. The average Bonchev–Trinajstić information content (AvgIpc) is 1.69. The molecule has 0 amide bonds. The Balaban J connectivity index is 2.12. The molecule has 7 heavy (non-hydrogen) atoms. The molecular weight excluding hydrogens is 203 g/mol. The van der Waals surface area contributed by atoms with Gasteiger partial charge in [0.1, 0.15) is 0 Å². The lowest BCUT2D eigenvalue weighted by atomic mass is 10.4. The van der Waals surface area contributed by atoms with Gasteiger partial charge in [-0.1, -0.05) is 22.6 Å². The van der Waals surface area contributed by atoms with Gasteiger partial charge in [-0.2, -0.15) is 0 Å². The number of hydrogen-bond acceptors (Lipinski definition) is 2. The van der Waals surface area contributed by atoms with Gasteiger partial charge in [0.05, 0.1) is 4.05 Å². The molecule has 1 fully saturated rings. The molecule has 1 aliphatic heterocycles. The topological polar surface area (TPSA) is 24.1 Å². The highest BCUT2D eigenvalue weighted by Crippen LogP contribution is 1.94. The van der Waals surface area contributed by atoms with E-state index >= 15 is 0 Å². The van der Waals surface area contributed by atoms with E-state index in [1.165, 1.54) is 0 Å². The van der Waals surface area contributed by atoms with Crippen molar-refractivity contribution in [3.8, 4) is 0 Å². The summed E-state index contributed by atoms with van der Waals surface area (Å²) in [6, 6.07) is 0. The van der Waals surface area contributed by atoms with E-state index in [-0.39, 0.29) is 0 Å². The van der Waals surface area contributed by atoms with Crippen molar-refractivity contribution in [2.75, 3.05) is 19.6 Å². The standard InChI is InChI=1S/C4H9IN2/c5-4-3-6-1-2-7-4/h4,6-7H,1-3H2. The Hall–Kier alpha value is 0.650. The fourth-order valence-corrected chi connectivity index (χ4v) is 1.24. The van der Waals surface area contributed by atoms with Crippen LogP contribution in [0.1, 0.15) is 0 Å². The van der Waals surface area contributed by atoms with Crippen LogP contribution in [0.25, 0.3) is 0 Å². The van der Waals surface area contributed by atoms with Gasteiger partial charge < -0.3 is 10.6 Å². The van der Waals surface area contributed by atoms with Crippen molar-refractivity contribution >= 4 is 22.6 Å². The van der Waals surface area contributed by atoms with Crippen LogP contribution in [0.15, 0.2) is 0 Å². The molecule has 3 heteroatoms. The predicted octanol–water partition coefficient (Wildman–Crippen LogP) is -0.0597. The van der Waals surface area contributed by atoms with Gasteiger partial charge in [-0.05, 0) is 0 Å². The van der Waals surface area contributed by atoms with Gasteiger partial charge >= 0.3 is 0 Å².